The van der Waals surface area contributed by atoms with Crippen molar-refractivity contribution in [3.8, 4) is 0 Å². The maximum Gasteiger partial charge on any atom is 0.323 e. The van der Waals surface area contributed by atoms with E-state index in [0.717, 1.165) is 25.2 Å². The Labute approximate surface area is 95.6 Å². The first-order valence-electron chi connectivity index (χ1n) is 6.14. The molecule has 1 amide bonds. The highest BCUT2D eigenvalue weighted by atomic mass is 16.4. The van der Waals surface area contributed by atoms with E-state index in [4.69, 9.17) is 5.11 Å². The average molecular weight is 225 g/mol. The summed E-state index contributed by atoms with van der Waals surface area (Å²) in [6, 6.07) is 0. The molecule has 0 aromatic rings. The Morgan fingerprint density at radius 1 is 1.12 bits per heavy atom. The smallest absolute Gasteiger partial charge is 0.323 e. The first kappa shape index (κ1) is 11.4. The van der Waals surface area contributed by atoms with E-state index in [1.165, 1.54) is 17.7 Å². The molecule has 0 spiro atoms. The summed E-state index contributed by atoms with van der Waals surface area (Å²) in [6.07, 6.45) is 6.26. The van der Waals surface area contributed by atoms with Gasteiger partial charge in [-0.15, -0.1) is 0 Å². The van der Waals surface area contributed by atoms with Crippen LogP contribution in [0.5, 0.6) is 0 Å². The minimum Gasteiger partial charge on any atom is -0.480 e. The Morgan fingerprint density at radius 3 is 2.25 bits per heavy atom. The molecule has 0 radical (unpaired) electrons. The third-order valence-electron chi connectivity index (χ3n) is 3.32. The van der Waals surface area contributed by atoms with Gasteiger partial charge >= 0.3 is 5.97 Å². The minimum absolute atomic E-state index is 0.0289. The lowest BCUT2D eigenvalue weighted by Crippen LogP contribution is -2.37. The van der Waals surface area contributed by atoms with E-state index in [-0.39, 0.29) is 12.5 Å². The number of nitrogens with zero attached hydrogens (tertiary/aromatic N) is 1. The van der Waals surface area contributed by atoms with Crippen molar-refractivity contribution in [3.63, 3.8) is 0 Å². The van der Waals surface area contributed by atoms with E-state index in [0.29, 0.717) is 18.9 Å². The molecule has 0 heterocycles. The zero-order chi connectivity index (χ0) is 11.5. The maximum absolute atomic E-state index is 11.8. The van der Waals surface area contributed by atoms with E-state index in [1.54, 1.807) is 0 Å². The summed E-state index contributed by atoms with van der Waals surface area (Å²) in [5, 5.41) is 8.76. The molecule has 4 heteroatoms. The van der Waals surface area contributed by atoms with Crippen molar-refractivity contribution in [2.24, 2.45) is 11.8 Å². The predicted molar refractivity (Wildman–Crippen MR) is 58.9 cm³/mol. The Balaban J connectivity index is 1.76. The molecule has 0 bridgehead atoms. The molecule has 2 rings (SSSR count). The van der Waals surface area contributed by atoms with Crippen LogP contribution >= 0.6 is 0 Å². The third-order valence-corrected chi connectivity index (χ3v) is 3.32. The number of amides is 1. The Hall–Kier alpha value is -1.06. The van der Waals surface area contributed by atoms with E-state index in [1.807, 2.05) is 0 Å². The van der Waals surface area contributed by atoms with Gasteiger partial charge in [0.15, 0.2) is 0 Å². The molecule has 90 valence electrons. The number of carbonyl (C=O) groups is 2. The number of carbonyl (C=O) groups excluding carboxylic acids is 1. The topological polar surface area (TPSA) is 57.6 Å². The average Bonchev–Trinajstić information content (AvgIpc) is 3.06. The van der Waals surface area contributed by atoms with Crippen molar-refractivity contribution in [1.29, 1.82) is 0 Å². The van der Waals surface area contributed by atoms with Crippen LogP contribution in [-0.4, -0.2) is 35.0 Å². The van der Waals surface area contributed by atoms with Crippen molar-refractivity contribution in [1.82, 2.24) is 4.90 Å². The molecule has 2 aliphatic rings. The molecule has 2 fully saturated rings. The standard InChI is InChI=1S/C12H19NO3/c14-11(6-5-9-1-2-9)13(8-12(15)16)7-10-3-4-10/h9-10H,1-8H2,(H,15,16). The van der Waals surface area contributed by atoms with Crippen LogP contribution in [0.4, 0.5) is 0 Å². The maximum atomic E-state index is 11.8. The quantitative estimate of drug-likeness (QED) is 0.714. The summed E-state index contributed by atoms with van der Waals surface area (Å²) in [5.74, 6) is 0.419. The zero-order valence-electron chi connectivity index (χ0n) is 9.52. The molecule has 0 aromatic carbocycles. The van der Waals surface area contributed by atoms with E-state index < -0.39 is 5.97 Å². The zero-order valence-corrected chi connectivity index (χ0v) is 9.52. The van der Waals surface area contributed by atoms with Gasteiger partial charge in [0.25, 0.3) is 0 Å². The molecule has 0 unspecified atom stereocenters. The van der Waals surface area contributed by atoms with Crippen LogP contribution in [-0.2, 0) is 9.59 Å². The van der Waals surface area contributed by atoms with Gasteiger partial charge < -0.3 is 10.0 Å². The van der Waals surface area contributed by atoms with Gasteiger partial charge in [-0.2, -0.15) is 0 Å². The van der Waals surface area contributed by atoms with Gasteiger partial charge in [0, 0.05) is 13.0 Å². The first-order valence-corrected chi connectivity index (χ1v) is 6.14. The first-order chi connectivity index (χ1) is 7.65. The molecule has 0 aliphatic heterocycles. The second kappa shape index (κ2) is 4.85. The molecule has 1 N–H and O–H groups in total. The van der Waals surface area contributed by atoms with Crippen LogP contribution in [0.3, 0.4) is 0 Å². The van der Waals surface area contributed by atoms with Crippen LogP contribution in [0.25, 0.3) is 0 Å². The van der Waals surface area contributed by atoms with Gasteiger partial charge in [-0.25, -0.2) is 0 Å². The molecule has 4 nitrogen and oxygen atoms in total. The summed E-state index contributed by atoms with van der Waals surface area (Å²) in [5.41, 5.74) is 0. The van der Waals surface area contributed by atoms with Crippen LogP contribution in [0.2, 0.25) is 0 Å². The molecule has 2 aliphatic carbocycles. The lowest BCUT2D eigenvalue weighted by molar-refractivity contribution is -0.144. The van der Waals surface area contributed by atoms with Crippen LogP contribution in [0, 0.1) is 11.8 Å². The largest absolute Gasteiger partial charge is 0.480 e. The van der Waals surface area contributed by atoms with Gasteiger partial charge in [-0.3, -0.25) is 9.59 Å². The highest BCUT2D eigenvalue weighted by Gasteiger charge is 2.29. The molecular weight excluding hydrogens is 206 g/mol. The van der Waals surface area contributed by atoms with Gasteiger partial charge in [0.2, 0.25) is 5.91 Å². The second-order valence-corrected chi connectivity index (χ2v) is 5.09. The number of hydrogen-bond donors (Lipinski definition) is 1. The van der Waals surface area contributed by atoms with E-state index >= 15 is 0 Å². The van der Waals surface area contributed by atoms with Gasteiger partial charge in [0.1, 0.15) is 6.54 Å². The SMILES string of the molecule is O=C(O)CN(CC1CC1)C(=O)CCC1CC1. The highest BCUT2D eigenvalue weighted by Crippen LogP contribution is 2.34. The number of hydrogen-bond acceptors (Lipinski definition) is 2. The number of aliphatic carboxylic acids is 1. The fourth-order valence-corrected chi connectivity index (χ4v) is 1.92. The predicted octanol–water partition coefficient (Wildman–Crippen LogP) is 1.50. The van der Waals surface area contributed by atoms with Crippen molar-refractivity contribution >= 4 is 11.9 Å². The van der Waals surface area contributed by atoms with Gasteiger partial charge in [0.05, 0.1) is 0 Å². The normalized spacial score (nSPS) is 19.5. The minimum atomic E-state index is -0.902. The van der Waals surface area contributed by atoms with Crippen LogP contribution < -0.4 is 0 Å². The van der Waals surface area contributed by atoms with Crippen LogP contribution in [0.1, 0.15) is 38.5 Å². The molecule has 0 atom stereocenters. The lowest BCUT2D eigenvalue weighted by Gasteiger charge is -2.20. The van der Waals surface area contributed by atoms with Crippen molar-refractivity contribution in [3.05, 3.63) is 0 Å². The second-order valence-electron chi connectivity index (χ2n) is 5.09. The molecule has 16 heavy (non-hydrogen) atoms. The van der Waals surface area contributed by atoms with Crippen molar-refractivity contribution in [2.45, 2.75) is 38.5 Å². The van der Waals surface area contributed by atoms with E-state index in [2.05, 4.69) is 0 Å². The van der Waals surface area contributed by atoms with Crippen molar-refractivity contribution < 1.29 is 14.7 Å². The van der Waals surface area contributed by atoms with E-state index in [9.17, 15) is 9.59 Å². The molecular formula is C12H19NO3. The Kier molecular flexibility index (Phi) is 3.46. The lowest BCUT2D eigenvalue weighted by atomic mass is 10.2. The molecule has 0 saturated heterocycles. The number of rotatable bonds is 7. The fraction of sp³-hybridized carbons (Fsp3) is 0.833. The molecule has 2 saturated carbocycles. The monoisotopic (exact) mass is 225 g/mol. The molecule has 0 aromatic heterocycles. The highest BCUT2D eigenvalue weighted by molar-refractivity contribution is 5.81. The van der Waals surface area contributed by atoms with Crippen LogP contribution in [0.15, 0.2) is 0 Å². The number of carboxylic acids is 1. The Bertz CT molecular complexity index is 282. The van der Waals surface area contributed by atoms with Gasteiger partial charge in [-0.05, 0) is 31.1 Å². The summed E-state index contributed by atoms with van der Waals surface area (Å²) in [4.78, 5) is 24.0. The fourth-order valence-electron chi connectivity index (χ4n) is 1.92. The summed E-state index contributed by atoms with van der Waals surface area (Å²) in [7, 11) is 0. The summed E-state index contributed by atoms with van der Waals surface area (Å²) in [6.45, 7) is 0.524. The van der Waals surface area contributed by atoms with Gasteiger partial charge in [-0.1, -0.05) is 12.8 Å². The van der Waals surface area contributed by atoms with Crippen molar-refractivity contribution in [2.75, 3.05) is 13.1 Å². The Morgan fingerprint density at radius 2 is 1.75 bits per heavy atom. The summed E-state index contributed by atoms with van der Waals surface area (Å²) >= 11 is 0. The number of carboxylic acid groups (broad SMARTS) is 1. The third kappa shape index (κ3) is 3.83. The summed E-state index contributed by atoms with van der Waals surface area (Å²) < 4.78 is 0.